The minimum atomic E-state index is -2.39. The molecule has 0 saturated heterocycles. The second kappa shape index (κ2) is 6.31. The molecule has 3 atom stereocenters. The van der Waals surface area contributed by atoms with Gasteiger partial charge >= 0.3 is 0 Å². The Morgan fingerprint density at radius 2 is 1.83 bits per heavy atom. The molecule has 2 rings (SSSR count). The van der Waals surface area contributed by atoms with Crippen LogP contribution in [0.1, 0.15) is 64.2 Å². The first-order chi connectivity index (χ1) is 8.61. The van der Waals surface area contributed by atoms with E-state index in [0.717, 1.165) is 12.8 Å². The molecule has 2 aliphatic rings. The molecule has 106 valence electrons. The van der Waals surface area contributed by atoms with Gasteiger partial charge in [-0.3, -0.25) is 0 Å². The van der Waals surface area contributed by atoms with Crippen molar-refractivity contribution in [3.05, 3.63) is 0 Å². The van der Waals surface area contributed by atoms with Crippen LogP contribution >= 0.6 is 0 Å². The van der Waals surface area contributed by atoms with E-state index in [0.29, 0.717) is 18.4 Å². The zero-order valence-electron chi connectivity index (χ0n) is 11.6. The van der Waals surface area contributed by atoms with Gasteiger partial charge in [0.05, 0.1) is 0 Å². The van der Waals surface area contributed by atoms with Crippen molar-refractivity contribution in [3.8, 4) is 0 Å². The molecule has 0 aromatic carbocycles. The molecule has 0 radical (unpaired) electrons. The molecule has 2 fully saturated rings. The molecule has 18 heavy (non-hydrogen) atoms. The van der Waals surface area contributed by atoms with Gasteiger partial charge in [-0.2, -0.15) is 0 Å². The van der Waals surface area contributed by atoms with E-state index in [1.807, 2.05) is 7.05 Å². The van der Waals surface area contributed by atoms with Gasteiger partial charge in [-0.25, -0.2) is 8.78 Å². The van der Waals surface area contributed by atoms with Crippen LogP contribution in [0.3, 0.4) is 0 Å². The Hall–Kier alpha value is -0.180. The van der Waals surface area contributed by atoms with E-state index in [2.05, 4.69) is 5.32 Å². The largest absolute Gasteiger partial charge is 0.317 e. The van der Waals surface area contributed by atoms with Gasteiger partial charge in [0.25, 0.3) is 0 Å². The van der Waals surface area contributed by atoms with Gasteiger partial charge in [-0.05, 0) is 44.6 Å². The summed E-state index contributed by atoms with van der Waals surface area (Å²) < 4.78 is 26.9. The molecule has 3 heteroatoms. The van der Waals surface area contributed by atoms with Crippen molar-refractivity contribution in [1.29, 1.82) is 0 Å². The second-order valence-corrected chi connectivity index (χ2v) is 6.35. The summed E-state index contributed by atoms with van der Waals surface area (Å²) in [5.74, 6) is -1.51. The molecule has 1 N–H and O–H groups in total. The lowest BCUT2D eigenvalue weighted by Gasteiger charge is -2.33. The predicted octanol–water partition coefficient (Wildman–Crippen LogP) is 4.37. The molecular weight excluding hydrogens is 232 g/mol. The predicted molar refractivity (Wildman–Crippen MR) is 70.9 cm³/mol. The standard InChI is InChI=1S/C15H27F2N/c1-18-14-8-4-2-3-7-13(14)10-12-6-5-9-15(16,17)11-12/h12-14,18H,2-11H2,1H3. The first kappa shape index (κ1) is 14.2. The third kappa shape index (κ3) is 3.91. The fraction of sp³-hybridized carbons (Fsp3) is 1.00. The van der Waals surface area contributed by atoms with Crippen LogP contribution in [0.25, 0.3) is 0 Å². The molecule has 0 amide bonds. The normalized spacial score (nSPS) is 37.2. The minimum absolute atomic E-state index is 0.115. The molecule has 0 spiro atoms. The van der Waals surface area contributed by atoms with E-state index in [4.69, 9.17) is 0 Å². The van der Waals surface area contributed by atoms with Gasteiger partial charge in [0.2, 0.25) is 5.92 Å². The number of alkyl halides is 2. The Labute approximate surface area is 110 Å². The van der Waals surface area contributed by atoms with Crippen molar-refractivity contribution in [3.63, 3.8) is 0 Å². The van der Waals surface area contributed by atoms with Gasteiger partial charge in [0.15, 0.2) is 0 Å². The quantitative estimate of drug-likeness (QED) is 0.742. The van der Waals surface area contributed by atoms with E-state index in [9.17, 15) is 8.78 Å². The molecule has 0 bridgehead atoms. The zero-order chi connectivity index (χ0) is 13.0. The monoisotopic (exact) mass is 259 g/mol. The van der Waals surface area contributed by atoms with Crippen molar-refractivity contribution >= 4 is 0 Å². The SMILES string of the molecule is CNC1CCCCCC1CC1CCCC(F)(F)C1. The molecule has 0 heterocycles. The highest BCUT2D eigenvalue weighted by Crippen LogP contribution is 2.41. The number of hydrogen-bond donors (Lipinski definition) is 1. The summed E-state index contributed by atoms with van der Waals surface area (Å²) >= 11 is 0. The van der Waals surface area contributed by atoms with Crippen LogP contribution < -0.4 is 5.32 Å². The maximum atomic E-state index is 13.5. The van der Waals surface area contributed by atoms with Crippen LogP contribution in [0, 0.1) is 11.8 Å². The lowest BCUT2D eigenvalue weighted by Crippen LogP contribution is -2.35. The van der Waals surface area contributed by atoms with E-state index in [1.54, 1.807) is 0 Å². The molecule has 3 unspecified atom stereocenters. The first-order valence-electron chi connectivity index (χ1n) is 7.66. The lowest BCUT2D eigenvalue weighted by atomic mass is 9.78. The van der Waals surface area contributed by atoms with E-state index >= 15 is 0 Å². The van der Waals surface area contributed by atoms with Crippen molar-refractivity contribution < 1.29 is 8.78 Å². The number of halogens is 2. The summed E-state index contributed by atoms with van der Waals surface area (Å²) in [6, 6.07) is 0.558. The third-order valence-corrected chi connectivity index (χ3v) is 4.91. The van der Waals surface area contributed by atoms with Crippen molar-refractivity contribution in [2.45, 2.75) is 76.2 Å². The highest BCUT2D eigenvalue weighted by atomic mass is 19.3. The average molecular weight is 259 g/mol. The smallest absolute Gasteiger partial charge is 0.248 e. The van der Waals surface area contributed by atoms with Crippen LogP contribution in [0.5, 0.6) is 0 Å². The Morgan fingerprint density at radius 1 is 1.06 bits per heavy atom. The van der Waals surface area contributed by atoms with E-state index < -0.39 is 5.92 Å². The van der Waals surface area contributed by atoms with Crippen LogP contribution in [0.4, 0.5) is 8.78 Å². The van der Waals surface area contributed by atoms with E-state index in [-0.39, 0.29) is 18.8 Å². The van der Waals surface area contributed by atoms with Crippen LogP contribution in [0.2, 0.25) is 0 Å². The summed E-state index contributed by atoms with van der Waals surface area (Å²) in [7, 11) is 2.03. The zero-order valence-corrected chi connectivity index (χ0v) is 11.6. The van der Waals surface area contributed by atoms with Crippen LogP contribution in [-0.2, 0) is 0 Å². The van der Waals surface area contributed by atoms with Gasteiger partial charge in [-0.15, -0.1) is 0 Å². The van der Waals surface area contributed by atoms with E-state index in [1.165, 1.54) is 32.1 Å². The fourth-order valence-corrected chi connectivity index (χ4v) is 3.95. The molecule has 2 aliphatic carbocycles. The van der Waals surface area contributed by atoms with Gasteiger partial charge < -0.3 is 5.32 Å². The maximum absolute atomic E-state index is 13.5. The number of hydrogen-bond acceptors (Lipinski definition) is 1. The lowest BCUT2D eigenvalue weighted by molar-refractivity contribution is -0.0564. The van der Waals surface area contributed by atoms with Crippen molar-refractivity contribution in [1.82, 2.24) is 5.32 Å². The summed E-state index contributed by atoms with van der Waals surface area (Å²) in [5.41, 5.74) is 0. The average Bonchev–Trinajstić information content (AvgIpc) is 2.53. The van der Waals surface area contributed by atoms with Crippen LogP contribution in [-0.4, -0.2) is 19.0 Å². The highest BCUT2D eigenvalue weighted by Gasteiger charge is 2.37. The van der Waals surface area contributed by atoms with Crippen molar-refractivity contribution in [2.24, 2.45) is 11.8 Å². The molecule has 1 nitrogen and oxygen atoms in total. The molecule has 0 aliphatic heterocycles. The molecule has 2 saturated carbocycles. The van der Waals surface area contributed by atoms with Gasteiger partial charge in [0.1, 0.15) is 0 Å². The summed E-state index contributed by atoms with van der Waals surface area (Å²) in [6.45, 7) is 0. The Balaban J connectivity index is 1.89. The van der Waals surface area contributed by atoms with Gasteiger partial charge in [-0.1, -0.05) is 25.7 Å². The Bertz CT molecular complexity index is 255. The van der Waals surface area contributed by atoms with Crippen molar-refractivity contribution in [2.75, 3.05) is 7.05 Å². The Morgan fingerprint density at radius 3 is 2.56 bits per heavy atom. The maximum Gasteiger partial charge on any atom is 0.248 e. The minimum Gasteiger partial charge on any atom is -0.317 e. The topological polar surface area (TPSA) is 12.0 Å². The van der Waals surface area contributed by atoms with Crippen LogP contribution in [0.15, 0.2) is 0 Å². The summed E-state index contributed by atoms with van der Waals surface area (Å²) in [4.78, 5) is 0. The molecule has 0 aromatic heterocycles. The summed E-state index contributed by atoms with van der Waals surface area (Å²) in [5, 5.41) is 3.42. The third-order valence-electron chi connectivity index (χ3n) is 4.91. The molecule has 0 aromatic rings. The first-order valence-corrected chi connectivity index (χ1v) is 7.66. The number of nitrogens with one attached hydrogen (secondary N) is 1. The molecular formula is C15H27F2N. The summed E-state index contributed by atoms with van der Waals surface area (Å²) in [6.07, 6.45) is 9.35. The second-order valence-electron chi connectivity index (χ2n) is 6.35. The number of rotatable bonds is 3. The fourth-order valence-electron chi connectivity index (χ4n) is 3.95. The Kier molecular flexibility index (Phi) is 4.99. The highest BCUT2D eigenvalue weighted by molar-refractivity contribution is 4.84. The van der Waals surface area contributed by atoms with Gasteiger partial charge in [0, 0.05) is 18.9 Å².